The fourth-order valence-corrected chi connectivity index (χ4v) is 2.56. The van der Waals surface area contributed by atoms with Gasteiger partial charge in [0.1, 0.15) is 0 Å². The van der Waals surface area contributed by atoms with Crippen LogP contribution >= 0.6 is 0 Å². The van der Waals surface area contributed by atoms with Crippen LogP contribution in [0.25, 0.3) is 0 Å². The average molecular weight is 248 g/mol. The SMILES string of the molecule is COC1CCN(CCC(C)c2ccc(N)cc2)C1. The molecule has 18 heavy (non-hydrogen) atoms. The molecule has 1 aliphatic heterocycles. The molecule has 1 aliphatic rings. The zero-order valence-corrected chi connectivity index (χ0v) is 11.4. The third-order valence-electron chi connectivity index (χ3n) is 3.95. The van der Waals surface area contributed by atoms with Gasteiger partial charge in [0.05, 0.1) is 6.10 Å². The van der Waals surface area contributed by atoms with E-state index < -0.39 is 0 Å². The van der Waals surface area contributed by atoms with Crippen LogP contribution < -0.4 is 5.73 Å². The Bertz CT molecular complexity index is 363. The van der Waals surface area contributed by atoms with Crippen molar-refractivity contribution in [2.75, 3.05) is 32.5 Å². The van der Waals surface area contributed by atoms with E-state index in [0.29, 0.717) is 12.0 Å². The maximum atomic E-state index is 5.71. The summed E-state index contributed by atoms with van der Waals surface area (Å²) in [6.45, 7) is 5.71. The van der Waals surface area contributed by atoms with Gasteiger partial charge in [0.15, 0.2) is 0 Å². The van der Waals surface area contributed by atoms with Gasteiger partial charge in [-0.2, -0.15) is 0 Å². The Balaban J connectivity index is 1.78. The summed E-state index contributed by atoms with van der Waals surface area (Å²) in [6, 6.07) is 8.26. The van der Waals surface area contributed by atoms with Crippen LogP contribution in [0.1, 0.15) is 31.2 Å². The fraction of sp³-hybridized carbons (Fsp3) is 0.600. The van der Waals surface area contributed by atoms with Gasteiger partial charge in [0, 0.05) is 25.9 Å². The largest absolute Gasteiger partial charge is 0.399 e. The Hall–Kier alpha value is -1.06. The highest BCUT2D eigenvalue weighted by atomic mass is 16.5. The normalized spacial score (nSPS) is 22.2. The van der Waals surface area contributed by atoms with Crippen LogP contribution in [0.4, 0.5) is 5.69 Å². The number of anilines is 1. The van der Waals surface area contributed by atoms with Crippen LogP contribution in [-0.2, 0) is 4.74 Å². The second-order valence-electron chi connectivity index (χ2n) is 5.30. The van der Waals surface area contributed by atoms with Gasteiger partial charge in [-0.25, -0.2) is 0 Å². The number of nitrogens with zero attached hydrogens (tertiary/aromatic N) is 1. The summed E-state index contributed by atoms with van der Waals surface area (Å²) in [5, 5.41) is 0. The summed E-state index contributed by atoms with van der Waals surface area (Å²) in [5.74, 6) is 0.590. The van der Waals surface area contributed by atoms with Crippen LogP contribution in [0.15, 0.2) is 24.3 Å². The van der Waals surface area contributed by atoms with E-state index in [0.717, 1.165) is 18.8 Å². The molecule has 3 heteroatoms. The number of hydrogen-bond donors (Lipinski definition) is 1. The Kier molecular flexibility index (Phi) is 4.61. The summed E-state index contributed by atoms with van der Waals surface area (Å²) in [4.78, 5) is 2.50. The molecule has 1 heterocycles. The molecule has 1 saturated heterocycles. The first-order chi connectivity index (χ1) is 8.69. The maximum Gasteiger partial charge on any atom is 0.0710 e. The smallest absolute Gasteiger partial charge is 0.0710 e. The van der Waals surface area contributed by atoms with Crippen LogP contribution in [0, 0.1) is 0 Å². The molecule has 2 rings (SSSR count). The zero-order chi connectivity index (χ0) is 13.0. The molecular weight excluding hydrogens is 224 g/mol. The lowest BCUT2D eigenvalue weighted by Gasteiger charge is -2.19. The number of nitrogen functional groups attached to an aromatic ring is 1. The number of benzene rings is 1. The van der Waals surface area contributed by atoms with Gasteiger partial charge in [0.2, 0.25) is 0 Å². The van der Waals surface area contributed by atoms with Crippen molar-refractivity contribution in [3.8, 4) is 0 Å². The molecule has 0 radical (unpaired) electrons. The lowest BCUT2D eigenvalue weighted by atomic mass is 9.97. The van der Waals surface area contributed by atoms with Crippen molar-refractivity contribution >= 4 is 5.69 Å². The first-order valence-electron chi connectivity index (χ1n) is 6.79. The number of ether oxygens (including phenoxy) is 1. The summed E-state index contributed by atoms with van der Waals surface area (Å²) >= 11 is 0. The highest BCUT2D eigenvalue weighted by Crippen LogP contribution is 2.21. The zero-order valence-electron chi connectivity index (χ0n) is 11.4. The van der Waals surface area contributed by atoms with Gasteiger partial charge >= 0.3 is 0 Å². The van der Waals surface area contributed by atoms with Gasteiger partial charge in [-0.05, 0) is 43.0 Å². The highest BCUT2D eigenvalue weighted by Gasteiger charge is 2.21. The van der Waals surface area contributed by atoms with Crippen molar-refractivity contribution in [1.29, 1.82) is 0 Å². The number of nitrogens with two attached hydrogens (primary N) is 1. The van der Waals surface area contributed by atoms with E-state index in [1.165, 1.54) is 24.9 Å². The molecule has 2 atom stereocenters. The molecule has 1 aromatic rings. The molecule has 0 aromatic heterocycles. The molecule has 1 fully saturated rings. The fourth-order valence-electron chi connectivity index (χ4n) is 2.56. The molecule has 1 aromatic carbocycles. The molecule has 2 N–H and O–H groups in total. The minimum atomic E-state index is 0.442. The molecule has 0 saturated carbocycles. The summed E-state index contributed by atoms with van der Waals surface area (Å²) in [6.07, 6.45) is 2.81. The van der Waals surface area contributed by atoms with Crippen LogP contribution in [-0.4, -0.2) is 37.7 Å². The summed E-state index contributed by atoms with van der Waals surface area (Å²) in [7, 11) is 1.81. The Morgan fingerprint density at radius 1 is 1.39 bits per heavy atom. The van der Waals surface area contributed by atoms with Gasteiger partial charge in [-0.1, -0.05) is 19.1 Å². The van der Waals surface area contributed by atoms with Crippen molar-refractivity contribution in [2.45, 2.75) is 31.8 Å². The third kappa shape index (κ3) is 3.47. The first-order valence-corrected chi connectivity index (χ1v) is 6.79. The van der Waals surface area contributed by atoms with Gasteiger partial charge in [0.25, 0.3) is 0 Å². The molecule has 0 bridgehead atoms. The number of hydrogen-bond acceptors (Lipinski definition) is 3. The van der Waals surface area contributed by atoms with Gasteiger partial charge in [-0.15, -0.1) is 0 Å². The number of methoxy groups -OCH3 is 1. The Labute approximate surface area is 110 Å². The van der Waals surface area contributed by atoms with E-state index >= 15 is 0 Å². The van der Waals surface area contributed by atoms with Crippen molar-refractivity contribution < 1.29 is 4.74 Å². The monoisotopic (exact) mass is 248 g/mol. The maximum absolute atomic E-state index is 5.71. The summed E-state index contributed by atoms with van der Waals surface area (Å²) < 4.78 is 5.39. The third-order valence-corrected chi connectivity index (χ3v) is 3.95. The van der Waals surface area contributed by atoms with E-state index in [9.17, 15) is 0 Å². The van der Waals surface area contributed by atoms with Crippen LogP contribution in [0.3, 0.4) is 0 Å². The Morgan fingerprint density at radius 3 is 2.72 bits per heavy atom. The molecule has 0 spiro atoms. The highest BCUT2D eigenvalue weighted by molar-refractivity contribution is 5.40. The topological polar surface area (TPSA) is 38.5 Å². The molecule has 0 aliphatic carbocycles. The predicted molar refractivity (Wildman–Crippen MR) is 75.7 cm³/mol. The van der Waals surface area contributed by atoms with Crippen LogP contribution in [0.2, 0.25) is 0 Å². The lowest BCUT2D eigenvalue weighted by Crippen LogP contribution is -2.24. The van der Waals surface area contributed by atoms with E-state index in [2.05, 4.69) is 24.0 Å². The minimum absolute atomic E-state index is 0.442. The van der Waals surface area contributed by atoms with Crippen molar-refractivity contribution in [2.24, 2.45) is 0 Å². The second-order valence-corrected chi connectivity index (χ2v) is 5.30. The number of likely N-dealkylation sites (tertiary alicyclic amines) is 1. The van der Waals surface area contributed by atoms with E-state index in [1.807, 2.05) is 19.2 Å². The van der Waals surface area contributed by atoms with Crippen molar-refractivity contribution in [3.63, 3.8) is 0 Å². The Morgan fingerprint density at radius 2 is 2.11 bits per heavy atom. The quantitative estimate of drug-likeness (QED) is 0.814. The minimum Gasteiger partial charge on any atom is -0.399 e. The van der Waals surface area contributed by atoms with Crippen LogP contribution in [0.5, 0.6) is 0 Å². The predicted octanol–water partition coefficient (Wildman–Crippen LogP) is 2.48. The summed E-state index contributed by atoms with van der Waals surface area (Å²) in [5.41, 5.74) is 7.93. The van der Waals surface area contributed by atoms with Gasteiger partial charge in [-0.3, -0.25) is 0 Å². The standard InChI is InChI=1S/C15H24N2O/c1-12(13-3-5-14(16)6-4-13)7-9-17-10-8-15(11-17)18-2/h3-6,12,15H,7-11,16H2,1-2H3. The van der Waals surface area contributed by atoms with E-state index in [4.69, 9.17) is 10.5 Å². The first kappa shape index (κ1) is 13.4. The molecule has 100 valence electrons. The number of rotatable bonds is 5. The molecule has 3 nitrogen and oxygen atoms in total. The van der Waals surface area contributed by atoms with Gasteiger partial charge < -0.3 is 15.4 Å². The average Bonchev–Trinajstić information content (AvgIpc) is 2.85. The lowest BCUT2D eigenvalue weighted by molar-refractivity contribution is 0.108. The van der Waals surface area contributed by atoms with Crippen molar-refractivity contribution in [1.82, 2.24) is 4.90 Å². The van der Waals surface area contributed by atoms with E-state index in [-0.39, 0.29) is 0 Å². The molecule has 0 amide bonds. The molecule has 2 unspecified atom stereocenters. The second kappa shape index (κ2) is 6.21. The molecular formula is C15H24N2O. The van der Waals surface area contributed by atoms with Crippen molar-refractivity contribution in [3.05, 3.63) is 29.8 Å². The van der Waals surface area contributed by atoms with E-state index in [1.54, 1.807) is 0 Å².